The molecule has 0 spiro atoms. The van der Waals surface area contributed by atoms with E-state index < -0.39 is 0 Å². The number of rotatable bonds is 4. The number of hydrogen-bond donors (Lipinski definition) is 2. The SMILES string of the molecule is CCC(Cc1c(Br)c(C)nn1C)NN. The molecule has 1 atom stereocenters. The van der Waals surface area contributed by atoms with Gasteiger partial charge in [-0.15, -0.1) is 0 Å². The van der Waals surface area contributed by atoms with Crippen molar-refractivity contribution in [2.24, 2.45) is 12.9 Å². The smallest absolute Gasteiger partial charge is 0.0738 e. The van der Waals surface area contributed by atoms with Crippen LogP contribution in [0.1, 0.15) is 24.7 Å². The molecular weight excluding hydrogens is 244 g/mol. The summed E-state index contributed by atoms with van der Waals surface area (Å²) in [5, 5.41) is 4.33. The fourth-order valence-corrected chi connectivity index (χ4v) is 1.95. The third kappa shape index (κ3) is 2.34. The minimum Gasteiger partial charge on any atom is -0.271 e. The van der Waals surface area contributed by atoms with Gasteiger partial charge in [0.05, 0.1) is 15.9 Å². The summed E-state index contributed by atoms with van der Waals surface area (Å²) in [4.78, 5) is 0. The van der Waals surface area contributed by atoms with Crippen molar-refractivity contribution in [2.45, 2.75) is 32.7 Å². The summed E-state index contributed by atoms with van der Waals surface area (Å²) in [6, 6.07) is 0.307. The molecule has 1 unspecified atom stereocenters. The van der Waals surface area contributed by atoms with Crippen LogP contribution in [0, 0.1) is 6.92 Å². The number of nitrogens with two attached hydrogens (primary N) is 1. The van der Waals surface area contributed by atoms with Gasteiger partial charge in [-0.25, -0.2) is 0 Å². The summed E-state index contributed by atoms with van der Waals surface area (Å²) in [7, 11) is 1.95. The highest BCUT2D eigenvalue weighted by Gasteiger charge is 2.14. The average molecular weight is 261 g/mol. The molecule has 14 heavy (non-hydrogen) atoms. The van der Waals surface area contributed by atoms with Crippen LogP contribution in [-0.2, 0) is 13.5 Å². The van der Waals surface area contributed by atoms with Gasteiger partial charge in [0, 0.05) is 19.5 Å². The summed E-state index contributed by atoms with van der Waals surface area (Å²) in [6.45, 7) is 4.10. The Balaban J connectivity index is 2.84. The van der Waals surface area contributed by atoms with Gasteiger partial charge in [0.2, 0.25) is 0 Å². The zero-order chi connectivity index (χ0) is 10.7. The minimum absolute atomic E-state index is 0.307. The maximum atomic E-state index is 5.44. The second kappa shape index (κ2) is 4.91. The van der Waals surface area contributed by atoms with Crippen LogP contribution in [0.25, 0.3) is 0 Å². The fraction of sp³-hybridized carbons (Fsp3) is 0.667. The molecule has 0 aliphatic heterocycles. The summed E-state index contributed by atoms with van der Waals surface area (Å²) in [5.41, 5.74) is 5.01. The van der Waals surface area contributed by atoms with Gasteiger partial charge >= 0.3 is 0 Å². The molecule has 0 aromatic carbocycles. The standard InChI is InChI=1S/C9H17BrN4/c1-4-7(12-11)5-8-9(10)6(2)13-14(8)3/h7,12H,4-5,11H2,1-3H3. The lowest BCUT2D eigenvalue weighted by Gasteiger charge is -2.13. The van der Waals surface area contributed by atoms with Crippen LogP contribution in [0.5, 0.6) is 0 Å². The number of aromatic nitrogens is 2. The fourth-order valence-electron chi connectivity index (χ4n) is 1.46. The molecule has 0 bridgehead atoms. The molecule has 5 heteroatoms. The third-order valence-corrected chi connectivity index (χ3v) is 3.46. The molecular formula is C9H17BrN4. The van der Waals surface area contributed by atoms with Crippen LogP contribution >= 0.6 is 15.9 Å². The first-order valence-electron chi connectivity index (χ1n) is 4.74. The van der Waals surface area contributed by atoms with Gasteiger partial charge in [0.15, 0.2) is 0 Å². The van der Waals surface area contributed by atoms with Crippen LogP contribution in [0.3, 0.4) is 0 Å². The van der Waals surface area contributed by atoms with Crippen molar-refractivity contribution in [1.82, 2.24) is 15.2 Å². The van der Waals surface area contributed by atoms with Crippen molar-refractivity contribution in [1.29, 1.82) is 0 Å². The molecule has 0 fully saturated rings. The van der Waals surface area contributed by atoms with E-state index in [0.717, 1.165) is 23.0 Å². The topological polar surface area (TPSA) is 55.9 Å². The van der Waals surface area contributed by atoms with Crippen molar-refractivity contribution in [3.63, 3.8) is 0 Å². The van der Waals surface area contributed by atoms with Gasteiger partial charge in [0.25, 0.3) is 0 Å². The predicted molar refractivity (Wildman–Crippen MR) is 60.8 cm³/mol. The number of hydrazine groups is 1. The lowest BCUT2D eigenvalue weighted by Crippen LogP contribution is -2.36. The number of nitrogens with one attached hydrogen (secondary N) is 1. The van der Waals surface area contributed by atoms with Crippen molar-refractivity contribution in [2.75, 3.05) is 0 Å². The second-order valence-electron chi connectivity index (χ2n) is 3.45. The van der Waals surface area contributed by atoms with E-state index in [2.05, 4.69) is 33.4 Å². The van der Waals surface area contributed by atoms with Gasteiger partial charge < -0.3 is 0 Å². The molecule has 4 nitrogen and oxygen atoms in total. The van der Waals surface area contributed by atoms with Crippen molar-refractivity contribution in [3.8, 4) is 0 Å². The normalized spacial score (nSPS) is 13.2. The zero-order valence-corrected chi connectivity index (χ0v) is 10.4. The number of halogens is 1. The van der Waals surface area contributed by atoms with E-state index in [1.54, 1.807) is 0 Å². The molecule has 0 aliphatic rings. The monoisotopic (exact) mass is 260 g/mol. The van der Waals surface area contributed by atoms with E-state index in [9.17, 15) is 0 Å². The summed E-state index contributed by atoms with van der Waals surface area (Å²) in [6.07, 6.45) is 1.90. The van der Waals surface area contributed by atoms with Crippen molar-refractivity contribution < 1.29 is 0 Å². The van der Waals surface area contributed by atoms with Crippen LogP contribution in [0.2, 0.25) is 0 Å². The molecule has 0 aliphatic carbocycles. The molecule has 80 valence electrons. The molecule has 3 N–H and O–H groups in total. The van der Waals surface area contributed by atoms with Crippen LogP contribution in [-0.4, -0.2) is 15.8 Å². The molecule has 0 saturated carbocycles. The van der Waals surface area contributed by atoms with Crippen LogP contribution in [0.4, 0.5) is 0 Å². The highest BCUT2D eigenvalue weighted by atomic mass is 79.9. The highest BCUT2D eigenvalue weighted by Crippen LogP contribution is 2.21. The van der Waals surface area contributed by atoms with E-state index >= 15 is 0 Å². The molecule has 0 saturated heterocycles. The lowest BCUT2D eigenvalue weighted by atomic mass is 10.1. The van der Waals surface area contributed by atoms with Crippen LogP contribution < -0.4 is 11.3 Å². The highest BCUT2D eigenvalue weighted by molar-refractivity contribution is 9.10. The first-order chi connectivity index (χ1) is 6.60. The predicted octanol–water partition coefficient (Wildman–Crippen LogP) is 1.28. The average Bonchev–Trinajstić information content (AvgIpc) is 2.40. The van der Waals surface area contributed by atoms with E-state index in [0.29, 0.717) is 6.04 Å². The van der Waals surface area contributed by atoms with Gasteiger partial charge in [-0.3, -0.25) is 16.0 Å². The first kappa shape index (κ1) is 11.7. The quantitative estimate of drug-likeness (QED) is 0.634. The zero-order valence-electron chi connectivity index (χ0n) is 8.84. The Hall–Kier alpha value is -0.390. The maximum Gasteiger partial charge on any atom is 0.0738 e. The minimum atomic E-state index is 0.307. The lowest BCUT2D eigenvalue weighted by molar-refractivity contribution is 0.494. The Kier molecular flexibility index (Phi) is 4.10. The Labute approximate surface area is 93.0 Å². The summed E-state index contributed by atoms with van der Waals surface area (Å²) < 4.78 is 2.99. The third-order valence-electron chi connectivity index (χ3n) is 2.43. The van der Waals surface area contributed by atoms with E-state index in [4.69, 9.17) is 5.84 Å². The van der Waals surface area contributed by atoms with E-state index in [-0.39, 0.29) is 0 Å². The molecule has 0 radical (unpaired) electrons. The van der Waals surface area contributed by atoms with Gasteiger partial charge in [-0.1, -0.05) is 6.92 Å². The van der Waals surface area contributed by atoms with Crippen LogP contribution in [0.15, 0.2) is 4.47 Å². The largest absolute Gasteiger partial charge is 0.271 e. The number of aryl methyl sites for hydroxylation is 2. The van der Waals surface area contributed by atoms with E-state index in [1.807, 2.05) is 18.7 Å². The van der Waals surface area contributed by atoms with Gasteiger partial charge in [0.1, 0.15) is 0 Å². The molecule has 0 amide bonds. The summed E-state index contributed by atoms with van der Waals surface area (Å²) >= 11 is 3.54. The molecule has 1 aromatic heterocycles. The first-order valence-corrected chi connectivity index (χ1v) is 5.53. The molecule has 1 heterocycles. The molecule has 1 aromatic rings. The maximum absolute atomic E-state index is 5.44. The Morgan fingerprint density at radius 3 is 2.64 bits per heavy atom. The Morgan fingerprint density at radius 2 is 2.29 bits per heavy atom. The van der Waals surface area contributed by atoms with Gasteiger partial charge in [-0.2, -0.15) is 5.10 Å². The number of hydrogen-bond acceptors (Lipinski definition) is 3. The van der Waals surface area contributed by atoms with Crippen molar-refractivity contribution >= 4 is 15.9 Å². The summed E-state index contributed by atoms with van der Waals surface area (Å²) in [5.74, 6) is 5.44. The number of nitrogens with zero attached hydrogens (tertiary/aromatic N) is 2. The molecule has 1 rings (SSSR count). The van der Waals surface area contributed by atoms with Gasteiger partial charge in [-0.05, 0) is 29.3 Å². The van der Waals surface area contributed by atoms with Crippen molar-refractivity contribution in [3.05, 3.63) is 15.9 Å². The Bertz CT molecular complexity index is 304. The van der Waals surface area contributed by atoms with E-state index in [1.165, 1.54) is 5.69 Å². The Morgan fingerprint density at radius 1 is 1.64 bits per heavy atom. The second-order valence-corrected chi connectivity index (χ2v) is 4.24.